The number of fused-ring (bicyclic) bond motifs is 1. The van der Waals surface area contributed by atoms with Gasteiger partial charge in [-0.25, -0.2) is 4.79 Å². The molecule has 2 fully saturated rings. The Morgan fingerprint density at radius 2 is 1.67 bits per heavy atom. The molecule has 1 aromatic carbocycles. The molecule has 4 amide bonds. The Morgan fingerprint density at radius 1 is 1.02 bits per heavy atom. The lowest BCUT2D eigenvalue weighted by molar-refractivity contribution is -0.144. The monoisotopic (exact) mass is 598 g/mol. The number of hydrogen-bond acceptors (Lipinski definition) is 7. The highest BCUT2D eigenvalue weighted by Gasteiger charge is 2.44. The van der Waals surface area contributed by atoms with Crippen molar-refractivity contribution in [2.45, 2.75) is 122 Å². The maximum Gasteiger partial charge on any atom is 0.410 e. The second kappa shape index (κ2) is 14.1. The Labute approximate surface area is 254 Å². The summed E-state index contributed by atoms with van der Waals surface area (Å²) in [5.74, 6) is -2.39. The van der Waals surface area contributed by atoms with Crippen molar-refractivity contribution in [1.82, 2.24) is 20.4 Å². The standard InChI is InChI=1S/C32H46N4O7/c1-19(35(7)31(42)43-32(4,5)6)28(39)34-25-14-9-8-13-24-15-16-26(36(24)30(25)41)29(40)33-18-22-11-10-12-23(17-22)27(20(2)37)21(3)38/h10-12,17,19,24-27H,8-9,13-16,18H2,1-7H3,(H,33,40)(H,34,39)/t19-,24-,25-,26-/m0/s1. The number of benzene rings is 1. The quantitative estimate of drug-likeness (QED) is 0.416. The van der Waals surface area contributed by atoms with Gasteiger partial charge in [-0.1, -0.05) is 37.1 Å². The van der Waals surface area contributed by atoms with Crippen LogP contribution in [-0.4, -0.2) is 82.0 Å². The van der Waals surface area contributed by atoms with Crippen molar-refractivity contribution in [2.24, 2.45) is 0 Å². The zero-order valence-corrected chi connectivity index (χ0v) is 26.4. The van der Waals surface area contributed by atoms with Crippen LogP contribution in [0.4, 0.5) is 4.79 Å². The average Bonchev–Trinajstić information content (AvgIpc) is 3.33. The van der Waals surface area contributed by atoms with Crippen LogP contribution in [0.3, 0.4) is 0 Å². The van der Waals surface area contributed by atoms with Gasteiger partial charge < -0.3 is 20.3 Å². The molecule has 2 saturated heterocycles. The van der Waals surface area contributed by atoms with Crippen LogP contribution in [0.5, 0.6) is 0 Å². The summed E-state index contributed by atoms with van der Waals surface area (Å²) < 4.78 is 5.37. The van der Waals surface area contributed by atoms with E-state index >= 15 is 0 Å². The highest BCUT2D eigenvalue weighted by Crippen LogP contribution is 2.31. The number of amides is 4. The molecule has 2 heterocycles. The van der Waals surface area contributed by atoms with Crippen LogP contribution in [-0.2, 0) is 35.3 Å². The zero-order valence-electron chi connectivity index (χ0n) is 26.4. The fourth-order valence-corrected chi connectivity index (χ4v) is 5.83. The first-order chi connectivity index (χ1) is 20.1. The summed E-state index contributed by atoms with van der Waals surface area (Å²) in [6.45, 7) is 9.74. The van der Waals surface area contributed by atoms with E-state index in [2.05, 4.69) is 10.6 Å². The van der Waals surface area contributed by atoms with E-state index in [9.17, 15) is 28.8 Å². The van der Waals surface area contributed by atoms with Gasteiger partial charge >= 0.3 is 6.09 Å². The van der Waals surface area contributed by atoms with E-state index in [1.807, 2.05) is 0 Å². The number of Topliss-reactive ketones (excluding diaryl/α,β-unsaturated/α-hetero) is 2. The lowest BCUT2D eigenvalue weighted by Crippen LogP contribution is -2.58. The summed E-state index contributed by atoms with van der Waals surface area (Å²) in [7, 11) is 1.48. The van der Waals surface area contributed by atoms with E-state index in [0.717, 1.165) is 24.8 Å². The summed E-state index contributed by atoms with van der Waals surface area (Å²) in [6, 6.07) is 4.56. The smallest absolute Gasteiger partial charge is 0.410 e. The minimum absolute atomic E-state index is 0.0972. The highest BCUT2D eigenvalue weighted by atomic mass is 16.6. The minimum atomic E-state index is -0.872. The van der Waals surface area contributed by atoms with Crippen LogP contribution in [0, 0.1) is 0 Å². The van der Waals surface area contributed by atoms with Crippen LogP contribution < -0.4 is 10.6 Å². The van der Waals surface area contributed by atoms with Crippen molar-refractivity contribution in [2.75, 3.05) is 7.05 Å². The van der Waals surface area contributed by atoms with E-state index in [1.54, 1.807) is 56.9 Å². The molecule has 0 spiro atoms. The first-order valence-electron chi connectivity index (χ1n) is 15.1. The van der Waals surface area contributed by atoms with Gasteiger partial charge in [0.25, 0.3) is 0 Å². The third kappa shape index (κ3) is 8.64. The van der Waals surface area contributed by atoms with Gasteiger partial charge in [-0.3, -0.25) is 28.9 Å². The number of likely N-dealkylation sites (N-methyl/N-ethyl adjacent to an activating group) is 1. The fraction of sp³-hybridized carbons (Fsp3) is 0.625. The molecule has 11 nitrogen and oxygen atoms in total. The predicted octanol–water partition coefficient (Wildman–Crippen LogP) is 3.24. The Kier molecular flexibility index (Phi) is 11.1. The number of nitrogens with zero attached hydrogens (tertiary/aromatic N) is 2. The van der Waals surface area contributed by atoms with E-state index in [1.165, 1.54) is 25.8 Å². The highest BCUT2D eigenvalue weighted by molar-refractivity contribution is 6.05. The maximum atomic E-state index is 13.8. The van der Waals surface area contributed by atoms with Crippen LogP contribution >= 0.6 is 0 Å². The molecular formula is C32H46N4O7. The third-order valence-corrected chi connectivity index (χ3v) is 8.16. The SMILES string of the molecule is CC(=O)C(C(C)=O)c1cccc(CNC(=O)[C@@H]2CC[C@@H]3CCCC[C@H](NC(=O)[C@H](C)N(C)C(=O)OC(C)(C)C)C(=O)N32)c1. The summed E-state index contributed by atoms with van der Waals surface area (Å²) in [5, 5.41) is 5.76. The Hall–Kier alpha value is -3.76. The van der Waals surface area contributed by atoms with Gasteiger partial charge in [-0.05, 0) is 78.4 Å². The number of ketones is 2. The first kappa shape index (κ1) is 33.7. The second-order valence-corrected chi connectivity index (χ2v) is 12.7. The van der Waals surface area contributed by atoms with E-state index in [-0.39, 0.29) is 36.0 Å². The summed E-state index contributed by atoms with van der Waals surface area (Å²) in [6.07, 6.45) is 3.40. The number of nitrogens with one attached hydrogen (secondary N) is 2. The van der Waals surface area contributed by atoms with Crippen LogP contribution in [0.2, 0.25) is 0 Å². The summed E-state index contributed by atoms with van der Waals surface area (Å²) >= 11 is 0. The normalized spacial score (nSPS) is 21.3. The van der Waals surface area contributed by atoms with Gasteiger partial charge in [0.05, 0.1) is 0 Å². The molecule has 236 valence electrons. The van der Waals surface area contributed by atoms with E-state index in [0.29, 0.717) is 24.8 Å². The molecule has 11 heteroatoms. The predicted molar refractivity (Wildman–Crippen MR) is 160 cm³/mol. The molecule has 0 radical (unpaired) electrons. The second-order valence-electron chi connectivity index (χ2n) is 12.7. The van der Waals surface area contributed by atoms with E-state index in [4.69, 9.17) is 4.74 Å². The van der Waals surface area contributed by atoms with Crippen molar-refractivity contribution in [3.63, 3.8) is 0 Å². The molecule has 2 aliphatic heterocycles. The molecule has 0 unspecified atom stereocenters. The molecule has 1 aromatic rings. The van der Waals surface area contributed by atoms with Crippen molar-refractivity contribution >= 4 is 35.4 Å². The lowest BCUT2D eigenvalue weighted by atomic mass is 9.91. The molecule has 3 rings (SSSR count). The number of rotatable bonds is 9. The maximum absolute atomic E-state index is 13.8. The van der Waals surface area contributed by atoms with Gasteiger partial charge in [0, 0.05) is 19.6 Å². The molecule has 4 atom stereocenters. The molecule has 43 heavy (non-hydrogen) atoms. The zero-order chi connectivity index (χ0) is 32.1. The topological polar surface area (TPSA) is 142 Å². The van der Waals surface area contributed by atoms with Gasteiger partial charge in [0.2, 0.25) is 17.7 Å². The molecule has 0 saturated carbocycles. The molecule has 0 aromatic heterocycles. The Morgan fingerprint density at radius 3 is 2.30 bits per heavy atom. The molecular weight excluding hydrogens is 552 g/mol. The largest absolute Gasteiger partial charge is 0.444 e. The van der Waals surface area contributed by atoms with Crippen LogP contribution in [0.1, 0.15) is 97.1 Å². The van der Waals surface area contributed by atoms with Crippen molar-refractivity contribution < 1.29 is 33.5 Å². The van der Waals surface area contributed by atoms with Gasteiger partial charge in [0.1, 0.15) is 41.2 Å². The Bertz CT molecular complexity index is 1230. The molecule has 0 bridgehead atoms. The van der Waals surface area contributed by atoms with Gasteiger partial charge in [-0.15, -0.1) is 0 Å². The van der Waals surface area contributed by atoms with Crippen LogP contribution in [0.15, 0.2) is 24.3 Å². The van der Waals surface area contributed by atoms with Gasteiger partial charge in [0.15, 0.2) is 0 Å². The molecule has 0 aliphatic carbocycles. The van der Waals surface area contributed by atoms with E-state index < -0.39 is 41.6 Å². The first-order valence-corrected chi connectivity index (χ1v) is 15.1. The Balaban J connectivity index is 1.69. The average molecular weight is 599 g/mol. The minimum Gasteiger partial charge on any atom is -0.444 e. The third-order valence-electron chi connectivity index (χ3n) is 8.16. The van der Waals surface area contributed by atoms with Crippen molar-refractivity contribution in [1.29, 1.82) is 0 Å². The number of carbonyl (C=O) groups excluding carboxylic acids is 6. The fourth-order valence-electron chi connectivity index (χ4n) is 5.83. The number of ether oxygens (including phenoxy) is 1. The van der Waals surface area contributed by atoms with Crippen LogP contribution in [0.25, 0.3) is 0 Å². The summed E-state index contributed by atoms with van der Waals surface area (Å²) in [4.78, 5) is 79.7. The number of carbonyl (C=O) groups is 6. The molecule has 2 aliphatic rings. The summed E-state index contributed by atoms with van der Waals surface area (Å²) in [5.41, 5.74) is 0.600. The lowest BCUT2D eigenvalue weighted by Gasteiger charge is -2.36. The van der Waals surface area contributed by atoms with Gasteiger partial charge in [-0.2, -0.15) is 0 Å². The number of hydrogen-bond donors (Lipinski definition) is 2. The molecule has 2 N–H and O–H groups in total. The van der Waals surface area contributed by atoms with Crippen molar-refractivity contribution in [3.05, 3.63) is 35.4 Å². The van der Waals surface area contributed by atoms with Crippen molar-refractivity contribution in [3.8, 4) is 0 Å².